The van der Waals surface area contributed by atoms with Gasteiger partial charge in [-0.05, 0) is 47.3 Å². The molecule has 1 N–H and O–H groups in total. The van der Waals surface area contributed by atoms with E-state index in [0.29, 0.717) is 0 Å². The second-order valence-electron chi connectivity index (χ2n) is 3.56. The van der Waals surface area contributed by atoms with Gasteiger partial charge in [0, 0.05) is 10.0 Å². The van der Waals surface area contributed by atoms with Gasteiger partial charge < -0.3 is 5.11 Å². The summed E-state index contributed by atoms with van der Waals surface area (Å²) in [6.07, 6.45) is -0.636. The number of aryl methyl sites for hydroxylation is 2. The van der Waals surface area contributed by atoms with Crippen LogP contribution < -0.4 is 0 Å². The van der Waals surface area contributed by atoms with Crippen LogP contribution in [-0.4, -0.2) is 15.3 Å². The molecule has 2 heterocycles. The fraction of sp³-hybridized carbons (Fsp3) is 0.273. The SMILES string of the molecule is Cc1cc(C(O)c2sccc2Br)c(C)nn1. The van der Waals surface area contributed by atoms with Crippen molar-refractivity contribution in [3.05, 3.63) is 43.8 Å². The van der Waals surface area contributed by atoms with Crippen LogP contribution in [0.25, 0.3) is 0 Å². The molecule has 0 fully saturated rings. The van der Waals surface area contributed by atoms with Gasteiger partial charge in [-0.1, -0.05) is 0 Å². The monoisotopic (exact) mass is 298 g/mol. The molecule has 0 amide bonds. The maximum absolute atomic E-state index is 10.3. The summed E-state index contributed by atoms with van der Waals surface area (Å²) < 4.78 is 0.930. The molecule has 0 saturated heterocycles. The first-order valence-electron chi connectivity index (χ1n) is 4.81. The highest BCUT2D eigenvalue weighted by atomic mass is 79.9. The van der Waals surface area contributed by atoms with Crippen LogP contribution in [0.2, 0.25) is 0 Å². The lowest BCUT2D eigenvalue weighted by Gasteiger charge is -2.12. The highest BCUT2D eigenvalue weighted by Crippen LogP contribution is 2.33. The van der Waals surface area contributed by atoms with Gasteiger partial charge in [-0.2, -0.15) is 10.2 Å². The lowest BCUT2D eigenvalue weighted by molar-refractivity contribution is 0.221. The summed E-state index contributed by atoms with van der Waals surface area (Å²) in [4.78, 5) is 0.899. The number of aliphatic hydroxyl groups excluding tert-OH is 1. The number of aromatic nitrogens is 2. The van der Waals surface area contributed by atoms with Crippen molar-refractivity contribution < 1.29 is 5.11 Å². The van der Waals surface area contributed by atoms with Crippen molar-refractivity contribution in [2.24, 2.45) is 0 Å². The lowest BCUT2D eigenvalue weighted by atomic mass is 10.1. The molecule has 16 heavy (non-hydrogen) atoms. The summed E-state index contributed by atoms with van der Waals surface area (Å²) in [5.74, 6) is 0. The number of rotatable bonds is 2. The van der Waals surface area contributed by atoms with Crippen LogP contribution in [0.5, 0.6) is 0 Å². The second kappa shape index (κ2) is 4.61. The predicted molar refractivity (Wildman–Crippen MR) is 67.6 cm³/mol. The Morgan fingerprint density at radius 1 is 1.38 bits per heavy atom. The molecular weight excluding hydrogens is 288 g/mol. The minimum absolute atomic E-state index is 0.636. The van der Waals surface area contributed by atoms with Gasteiger partial charge >= 0.3 is 0 Å². The third kappa shape index (κ3) is 2.16. The highest BCUT2D eigenvalue weighted by Gasteiger charge is 2.18. The average Bonchev–Trinajstić information content (AvgIpc) is 2.67. The third-order valence-corrected chi connectivity index (χ3v) is 4.25. The van der Waals surface area contributed by atoms with Crippen LogP contribution in [-0.2, 0) is 0 Å². The van der Waals surface area contributed by atoms with Crippen molar-refractivity contribution in [3.63, 3.8) is 0 Å². The first-order valence-corrected chi connectivity index (χ1v) is 6.48. The summed E-state index contributed by atoms with van der Waals surface area (Å²) in [5, 5.41) is 20.2. The molecule has 0 spiro atoms. The minimum atomic E-state index is -0.636. The number of nitrogens with zero attached hydrogens (tertiary/aromatic N) is 2. The first kappa shape index (κ1) is 11.7. The Bertz CT molecular complexity index is 512. The zero-order valence-electron chi connectivity index (χ0n) is 8.94. The maximum Gasteiger partial charge on any atom is 0.116 e. The van der Waals surface area contributed by atoms with Gasteiger partial charge in [0.1, 0.15) is 6.10 Å². The minimum Gasteiger partial charge on any atom is -0.383 e. The Balaban J connectivity index is 2.45. The molecule has 0 aliphatic heterocycles. The van der Waals surface area contributed by atoms with Gasteiger partial charge in [0.05, 0.1) is 16.3 Å². The standard InChI is InChI=1S/C11H11BrN2OS/c1-6-5-8(7(2)14-13-6)10(15)11-9(12)3-4-16-11/h3-5,10,15H,1-2H3. The number of thiophene rings is 1. The van der Waals surface area contributed by atoms with Crippen molar-refractivity contribution in [1.29, 1.82) is 0 Å². The van der Waals surface area contributed by atoms with Crippen LogP contribution >= 0.6 is 27.3 Å². The van der Waals surface area contributed by atoms with E-state index in [2.05, 4.69) is 26.1 Å². The van der Waals surface area contributed by atoms with E-state index in [-0.39, 0.29) is 0 Å². The number of hydrogen-bond acceptors (Lipinski definition) is 4. The molecule has 0 aliphatic carbocycles. The van der Waals surface area contributed by atoms with E-state index in [4.69, 9.17) is 0 Å². The van der Waals surface area contributed by atoms with Gasteiger partial charge in [-0.25, -0.2) is 0 Å². The van der Waals surface area contributed by atoms with Gasteiger partial charge in [0.25, 0.3) is 0 Å². The summed E-state index contributed by atoms with van der Waals surface area (Å²) in [5.41, 5.74) is 2.39. The van der Waals surface area contributed by atoms with Crippen LogP contribution in [0.3, 0.4) is 0 Å². The molecule has 2 aromatic heterocycles. The molecule has 1 unspecified atom stereocenters. The van der Waals surface area contributed by atoms with Crippen molar-refractivity contribution in [2.45, 2.75) is 20.0 Å². The van der Waals surface area contributed by atoms with Crippen molar-refractivity contribution in [3.8, 4) is 0 Å². The maximum atomic E-state index is 10.3. The molecule has 0 aromatic carbocycles. The molecule has 84 valence electrons. The van der Waals surface area contributed by atoms with Crippen molar-refractivity contribution in [1.82, 2.24) is 10.2 Å². The van der Waals surface area contributed by atoms with Gasteiger partial charge in [0.2, 0.25) is 0 Å². The van der Waals surface area contributed by atoms with Crippen molar-refractivity contribution in [2.75, 3.05) is 0 Å². The molecule has 0 bridgehead atoms. The van der Waals surface area contributed by atoms with E-state index in [9.17, 15) is 5.11 Å². The van der Waals surface area contributed by atoms with Crippen molar-refractivity contribution >= 4 is 27.3 Å². The quantitative estimate of drug-likeness (QED) is 0.927. The molecule has 0 radical (unpaired) electrons. The van der Waals surface area contributed by atoms with E-state index in [1.807, 2.05) is 31.4 Å². The molecule has 3 nitrogen and oxygen atoms in total. The molecule has 0 aliphatic rings. The Hall–Kier alpha value is -0.780. The van der Waals surface area contributed by atoms with Gasteiger partial charge in [-0.15, -0.1) is 11.3 Å². The molecule has 2 rings (SSSR count). The fourth-order valence-electron chi connectivity index (χ4n) is 1.49. The Labute approximate surface area is 106 Å². The summed E-state index contributed by atoms with van der Waals surface area (Å²) in [6, 6.07) is 3.80. The molecule has 1 atom stereocenters. The zero-order valence-corrected chi connectivity index (χ0v) is 11.3. The predicted octanol–water partition coefficient (Wildman–Crippen LogP) is 3.00. The van der Waals surface area contributed by atoms with Gasteiger partial charge in [0.15, 0.2) is 0 Å². The number of hydrogen-bond donors (Lipinski definition) is 1. The molecule has 2 aromatic rings. The number of halogens is 1. The Kier molecular flexibility index (Phi) is 3.37. The van der Waals surface area contributed by atoms with E-state index in [1.54, 1.807) is 0 Å². The Morgan fingerprint density at radius 3 is 2.75 bits per heavy atom. The van der Waals surface area contributed by atoms with Crippen LogP contribution in [0.15, 0.2) is 22.0 Å². The second-order valence-corrected chi connectivity index (χ2v) is 5.36. The first-order chi connectivity index (χ1) is 7.59. The lowest BCUT2D eigenvalue weighted by Crippen LogP contribution is -2.04. The smallest absolute Gasteiger partial charge is 0.116 e. The summed E-state index contributed by atoms with van der Waals surface area (Å²) in [7, 11) is 0. The average molecular weight is 299 g/mol. The van der Waals surface area contributed by atoms with Crippen LogP contribution in [0.1, 0.15) is 27.9 Å². The van der Waals surface area contributed by atoms with Crippen LogP contribution in [0, 0.1) is 13.8 Å². The molecular formula is C11H11BrN2OS. The normalized spacial score (nSPS) is 12.8. The molecule has 5 heteroatoms. The van der Waals surface area contributed by atoms with E-state index in [1.165, 1.54) is 11.3 Å². The Morgan fingerprint density at radius 2 is 2.12 bits per heavy atom. The number of aliphatic hydroxyl groups is 1. The zero-order chi connectivity index (χ0) is 11.7. The third-order valence-electron chi connectivity index (χ3n) is 2.33. The highest BCUT2D eigenvalue weighted by molar-refractivity contribution is 9.10. The van der Waals surface area contributed by atoms with Gasteiger partial charge in [-0.3, -0.25) is 0 Å². The van der Waals surface area contributed by atoms with E-state index in [0.717, 1.165) is 26.3 Å². The topological polar surface area (TPSA) is 46.0 Å². The van der Waals surface area contributed by atoms with E-state index >= 15 is 0 Å². The summed E-state index contributed by atoms with van der Waals surface area (Å²) >= 11 is 4.94. The van der Waals surface area contributed by atoms with E-state index < -0.39 is 6.10 Å². The fourth-order valence-corrected chi connectivity index (χ4v) is 3.08. The molecule has 0 saturated carbocycles. The summed E-state index contributed by atoms with van der Waals surface area (Å²) in [6.45, 7) is 3.72. The largest absolute Gasteiger partial charge is 0.383 e. The van der Waals surface area contributed by atoms with Crippen LogP contribution in [0.4, 0.5) is 0 Å².